The number of ether oxygens (including phenoxy) is 2. The van der Waals surface area contributed by atoms with Crippen molar-refractivity contribution in [3.8, 4) is 11.5 Å². The lowest BCUT2D eigenvalue weighted by Gasteiger charge is -2.21. The molecule has 7 heteroatoms. The fourth-order valence-electron chi connectivity index (χ4n) is 2.46. The highest BCUT2D eigenvalue weighted by Crippen LogP contribution is 2.34. The van der Waals surface area contributed by atoms with Crippen molar-refractivity contribution in [2.75, 3.05) is 18.5 Å². The van der Waals surface area contributed by atoms with Gasteiger partial charge in [-0.15, -0.1) is 0 Å². The summed E-state index contributed by atoms with van der Waals surface area (Å²) in [6.07, 6.45) is 0. The number of carbonyl (C=O) groups excluding carboxylic acids is 1. The van der Waals surface area contributed by atoms with Crippen molar-refractivity contribution in [1.82, 2.24) is 5.32 Å². The molecule has 2 N–H and O–H groups in total. The second-order valence-electron chi connectivity index (χ2n) is 7.27. The van der Waals surface area contributed by atoms with Crippen LogP contribution in [0.4, 0.5) is 5.69 Å². The molecule has 0 aliphatic rings. The lowest BCUT2D eigenvalue weighted by Crippen LogP contribution is -2.43. The van der Waals surface area contributed by atoms with E-state index < -0.39 is 0 Å². The fourth-order valence-corrected chi connectivity index (χ4v) is 3.18. The Kier molecular flexibility index (Phi) is 8.19. The monoisotopic (exact) mass is 512 g/mol. The minimum Gasteiger partial charge on any atom is -0.490 e. The number of amides is 1. The number of nitrogens with one attached hydrogen (secondary N) is 2. The molecule has 0 aliphatic carbocycles. The quantitative estimate of drug-likeness (QED) is 0.488. The standard InChI is InChI=1S/C21H26Br2N2O3/c1-5-27-18-10-14(12-24-16-8-6-15(22)7-9-16)17(23)11-19(18)28-13-20(26)25-21(2,3)4/h6-11,24H,5,12-13H2,1-4H3,(H,25,26). The second kappa shape index (κ2) is 10.2. The summed E-state index contributed by atoms with van der Waals surface area (Å²) in [6, 6.07) is 11.8. The Morgan fingerprint density at radius 2 is 1.68 bits per heavy atom. The van der Waals surface area contributed by atoms with E-state index >= 15 is 0 Å². The maximum absolute atomic E-state index is 12.0. The molecule has 0 aromatic heterocycles. The van der Waals surface area contributed by atoms with Gasteiger partial charge in [-0.3, -0.25) is 4.79 Å². The Morgan fingerprint density at radius 1 is 1.04 bits per heavy atom. The number of halogens is 2. The van der Waals surface area contributed by atoms with E-state index in [4.69, 9.17) is 9.47 Å². The van der Waals surface area contributed by atoms with Gasteiger partial charge in [0.25, 0.3) is 5.91 Å². The highest BCUT2D eigenvalue weighted by molar-refractivity contribution is 9.10. The normalized spacial score (nSPS) is 11.1. The number of rotatable bonds is 8. The molecule has 2 rings (SSSR count). The molecular formula is C21H26Br2N2O3. The van der Waals surface area contributed by atoms with Crippen molar-refractivity contribution in [3.05, 3.63) is 50.9 Å². The third kappa shape index (κ3) is 7.36. The van der Waals surface area contributed by atoms with Crippen LogP contribution in [0, 0.1) is 0 Å². The van der Waals surface area contributed by atoms with Crippen molar-refractivity contribution in [3.63, 3.8) is 0 Å². The van der Waals surface area contributed by atoms with E-state index in [2.05, 4.69) is 42.5 Å². The fraction of sp³-hybridized carbons (Fsp3) is 0.381. The molecule has 0 spiro atoms. The summed E-state index contributed by atoms with van der Waals surface area (Å²) in [4.78, 5) is 12.0. The summed E-state index contributed by atoms with van der Waals surface area (Å²) in [5.41, 5.74) is 1.75. The van der Waals surface area contributed by atoms with E-state index in [1.807, 2.05) is 64.1 Å². The Balaban J connectivity index is 2.09. The smallest absolute Gasteiger partial charge is 0.258 e. The molecule has 2 aromatic carbocycles. The molecule has 0 aliphatic heterocycles. The number of hydrogen-bond acceptors (Lipinski definition) is 4. The first-order valence-electron chi connectivity index (χ1n) is 9.06. The summed E-state index contributed by atoms with van der Waals surface area (Å²) in [5.74, 6) is 0.971. The van der Waals surface area contributed by atoms with Gasteiger partial charge in [-0.1, -0.05) is 31.9 Å². The minimum atomic E-state index is -0.299. The molecule has 152 valence electrons. The van der Waals surface area contributed by atoms with Crippen molar-refractivity contribution in [2.24, 2.45) is 0 Å². The molecule has 1 amide bonds. The summed E-state index contributed by atoms with van der Waals surface area (Å²) in [7, 11) is 0. The number of benzene rings is 2. The molecule has 2 aromatic rings. The van der Waals surface area contributed by atoms with Gasteiger partial charge in [-0.05, 0) is 69.7 Å². The number of carbonyl (C=O) groups is 1. The molecule has 0 saturated carbocycles. The van der Waals surface area contributed by atoms with E-state index in [0.717, 1.165) is 20.2 Å². The largest absolute Gasteiger partial charge is 0.490 e. The van der Waals surface area contributed by atoms with E-state index in [-0.39, 0.29) is 18.1 Å². The van der Waals surface area contributed by atoms with Gasteiger partial charge in [0.2, 0.25) is 0 Å². The van der Waals surface area contributed by atoms with Crippen molar-refractivity contribution in [2.45, 2.75) is 39.8 Å². The first-order chi connectivity index (χ1) is 13.2. The Labute approximate surface area is 183 Å². The first kappa shape index (κ1) is 22.6. The average molecular weight is 514 g/mol. The SMILES string of the molecule is CCOc1cc(CNc2ccc(Br)cc2)c(Br)cc1OCC(=O)NC(C)(C)C. The summed E-state index contributed by atoms with van der Waals surface area (Å²) >= 11 is 7.02. The van der Waals surface area contributed by atoms with E-state index in [0.29, 0.717) is 24.7 Å². The predicted molar refractivity (Wildman–Crippen MR) is 120 cm³/mol. The molecule has 0 atom stereocenters. The molecule has 0 heterocycles. The van der Waals surface area contributed by atoms with Gasteiger partial charge in [-0.2, -0.15) is 0 Å². The van der Waals surface area contributed by atoms with Crippen molar-refractivity contribution < 1.29 is 14.3 Å². The maximum Gasteiger partial charge on any atom is 0.258 e. The molecule has 0 fully saturated rings. The predicted octanol–water partition coefficient (Wildman–Crippen LogP) is 5.52. The summed E-state index contributed by atoms with van der Waals surface area (Å²) < 4.78 is 13.4. The van der Waals surface area contributed by atoms with Gasteiger partial charge < -0.3 is 20.1 Å². The number of hydrogen-bond donors (Lipinski definition) is 2. The highest BCUT2D eigenvalue weighted by Gasteiger charge is 2.16. The molecule has 28 heavy (non-hydrogen) atoms. The van der Waals surface area contributed by atoms with Crippen molar-refractivity contribution in [1.29, 1.82) is 0 Å². The zero-order chi connectivity index (χ0) is 20.7. The van der Waals surface area contributed by atoms with Crippen LogP contribution in [-0.2, 0) is 11.3 Å². The van der Waals surface area contributed by atoms with Crippen molar-refractivity contribution >= 4 is 43.5 Å². The topological polar surface area (TPSA) is 59.6 Å². The molecule has 0 radical (unpaired) electrons. The van der Waals surface area contributed by atoms with Crippen LogP contribution >= 0.6 is 31.9 Å². The highest BCUT2D eigenvalue weighted by atomic mass is 79.9. The zero-order valence-corrected chi connectivity index (χ0v) is 19.7. The van der Waals surface area contributed by atoms with Crippen LogP contribution < -0.4 is 20.1 Å². The van der Waals surface area contributed by atoms with E-state index in [1.165, 1.54) is 0 Å². The maximum atomic E-state index is 12.0. The summed E-state index contributed by atoms with van der Waals surface area (Å²) in [5, 5.41) is 6.26. The average Bonchev–Trinajstić information content (AvgIpc) is 2.60. The molecule has 5 nitrogen and oxygen atoms in total. The van der Waals surface area contributed by atoms with Crippen LogP contribution in [0.25, 0.3) is 0 Å². The Hall–Kier alpha value is -1.73. The molecule has 0 unspecified atom stereocenters. The summed E-state index contributed by atoms with van der Waals surface area (Å²) in [6.45, 7) is 8.76. The van der Waals surface area contributed by atoms with Crippen LogP contribution in [0.15, 0.2) is 45.3 Å². The van der Waals surface area contributed by atoms with Crippen LogP contribution in [-0.4, -0.2) is 24.7 Å². The van der Waals surface area contributed by atoms with Gasteiger partial charge in [0.1, 0.15) is 0 Å². The molecular weight excluding hydrogens is 488 g/mol. The van der Waals surface area contributed by atoms with Gasteiger partial charge in [0.15, 0.2) is 18.1 Å². The first-order valence-corrected chi connectivity index (χ1v) is 10.6. The van der Waals surface area contributed by atoms with Crippen LogP contribution in [0.2, 0.25) is 0 Å². The zero-order valence-electron chi connectivity index (χ0n) is 16.6. The van der Waals surface area contributed by atoms with Gasteiger partial charge in [0.05, 0.1) is 6.61 Å². The van der Waals surface area contributed by atoms with Gasteiger partial charge in [-0.25, -0.2) is 0 Å². The Morgan fingerprint density at radius 3 is 2.29 bits per heavy atom. The second-order valence-corrected chi connectivity index (χ2v) is 9.04. The number of anilines is 1. The minimum absolute atomic E-state index is 0.0692. The van der Waals surface area contributed by atoms with E-state index in [9.17, 15) is 4.79 Å². The van der Waals surface area contributed by atoms with Crippen LogP contribution in [0.5, 0.6) is 11.5 Å². The Bertz CT molecular complexity index is 803. The third-order valence-corrected chi connectivity index (χ3v) is 4.88. The lowest BCUT2D eigenvalue weighted by molar-refractivity contribution is -0.124. The molecule has 0 saturated heterocycles. The third-order valence-electron chi connectivity index (χ3n) is 3.61. The van der Waals surface area contributed by atoms with Gasteiger partial charge in [0, 0.05) is 26.7 Å². The van der Waals surface area contributed by atoms with Crippen LogP contribution in [0.3, 0.4) is 0 Å². The van der Waals surface area contributed by atoms with E-state index in [1.54, 1.807) is 0 Å². The lowest BCUT2D eigenvalue weighted by atomic mass is 10.1. The van der Waals surface area contributed by atoms with Crippen LogP contribution in [0.1, 0.15) is 33.3 Å². The molecule has 0 bridgehead atoms. The van der Waals surface area contributed by atoms with Gasteiger partial charge >= 0.3 is 0 Å².